The second-order valence-electron chi connectivity index (χ2n) is 6.19. The second kappa shape index (κ2) is 12.4. The minimum atomic E-state index is -1.26. The van der Waals surface area contributed by atoms with E-state index in [1.165, 1.54) is 0 Å². The van der Waals surface area contributed by atoms with Crippen LogP contribution in [0.5, 0.6) is 0 Å². The summed E-state index contributed by atoms with van der Waals surface area (Å²) in [7, 11) is 0. The summed E-state index contributed by atoms with van der Waals surface area (Å²) >= 11 is 0. The number of amides is 2. The Hall–Kier alpha value is -2.94. The molecule has 0 aliphatic rings. The lowest BCUT2D eigenvalue weighted by atomic mass is 10.1. The van der Waals surface area contributed by atoms with E-state index in [0.717, 1.165) is 5.56 Å². The van der Waals surface area contributed by atoms with Crippen molar-refractivity contribution in [2.75, 3.05) is 6.54 Å². The average Bonchev–Trinajstić information content (AvgIpc) is 2.68. The van der Waals surface area contributed by atoms with Crippen molar-refractivity contribution in [2.24, 2.45) is 0 Å². The van der Waals surface area contributed by atoms with E-state index >= 15 is 0 Å². The molecule has 0 fully saturated rings. The number of carbonyl (C=O) groups excluding carboxylic acids is 3. The van der Waals surface area contributed by atoms with Gasteiger partial charge in [0.1, 0.15) is 18.4 Å². The number of hydrogen-bond donors (Lipinski definition) is 4. The molecule has 4 N–H and O–H groups in total. The number of carboxylic acid groups (broad SMARTS) is 1. The lowest BCUT2D eigenvalue weighted by Crippen LogP contribution is -2.43. The molecular weight excluding hydrogens is 368 g/mol. The summed E-state index contributed by atoms with van der Waals surface area (Å²) in [5.74, 6) is -2.04. The zero-order valence-corrected chi connectivity index (χ0v) is 15.7. The Balaban J connectivity index is 2.31. The number of aliphatic hydroxyl groups excluding tert-OH is 1. The van der Waals surface area contributed by atoms with Crippen LogP contribution in [0.3, 0.4) is 0 Å². The number of aliphatic hydroxyl groups is 1. The van der Waals surface area contributed by atoms with Crippen LogP contribution in [-0.2, 0) is 25.7 Å². The van der Waals surface area contributed by atoms with Gasteiger partial charge in [-0.1, -0.05) is 37.3 Å². The maximum Gasteiger partial charge on any atom is 0.407 e. The summed E-state index contributed by atoms with van der Waals surface area (Å²) in [4.78, 5) is 45.9. The zero-order chi connectivity index (χ0) is 20.9. The van der Waals surface area contributed by atoms with Gasteiger partial charge in [0.25, 0.3) is 0 Å². The maximum absolute atomic E-state index is 11.9. The van der Waals surface area contributed by atoms with Crippen molar-refractivity contribution in [1.29, 1.82) is 0 Å². The van der Waals surface area contributed by atoms with Crippen LogP contribution in [-0.4, -0.2) is 52.7 Å². The lowest BCUT2D eigenvalue weighted by Gasteiger charge is -2.16. The number of carboxylic acids is 1. The van der Waals surface area contributed by atoms with Crippen LogP contribution < -0.4 is 10.6 Å². The van der Waals surface area contributed by atoms with E-state index in [0.29, 0.717) is 6.42 Å². The number of ketones is 1. The van der Waals surface area contributed by atoms with Crippen molar-refractivity contribution in [2.45, 2.75) is 51.4 Å². The monoisotopic (exact) mass is 394 g/mol. The van der Waals surface area contributed by atoms with E-state index in [-0.39, 0.29) is 31.8 Å². The van der Waals surface area contributed by atoms with E-state index in [4.69, 9.17) is 9.84 Å². The van der Waals surface area contributed by atoms with E-state index in [9.17, 15) is 24.3 Å². The Morgan fingerprint density at radius 2 is 1.82 bits per heavy atom. The Labute approximate surface area is 163 Å². The first-order valence-electron chi connectivity index (χ1n) is 8.98. The summed E-state index contributed by atoms with van der Waals surface area (Å²) < 4.78 is 4.97. The molecule has 0 unspecified atom stereocenters. The highest BCUT2D eigenvalue weighted by Gasteiger charge is 2.22. The third kappa shape index (κ3) is 9.67. The predicted molar refractivity (Wildman–Crippen MR) is 99.4 cm³/mol. The van der Waals surface area contributed by atoms with Crippen molar-refractivity contribution in [1.82, 2.24) is 10.6 Å². The van der Waals surface area contributed by atoms with Gasteiger partial charge in [-0.15, -0.1) is 0 Å². The van der Waals surface area contributed by atoms with Gasteiger partial charge in [-0.2, -0.15) is 0 Å². The molecule has 1 aromatic carbocycles. The molecular formula is C19H26N2O7. The van der Waals surface area contributed by atoms with Gasteiger partial charge in [0, 0.05) is 19.4 Å². The van der Waals surface area contributed by atoms with Crippen molar-refractivity contribution in [3.8, 4) is 0 Å². The fraction of sp³-hybridized carbons (Fsp3) is 0.474. The minimum absolute atomic E-state index is 0.0199. The summed E-state index contributed by atoms with van der Waals surface area (Å²) in [6.45, 7) is 1.51. The van der Waals surface area contributed by atoms with E-state index in [2.05, 4.69) is 10.6 Å². The Morgan fingerprint density at radius 3 is 2.43 bits per heavy atom. The number of hydrogen-bond acceptors (Lipinski definition) is 6. The first-order valence-corrected chi connectivity index (χ1v) is 8.98. The molecule has 1 aromatic rings. The highest BCUT2D eigenvalue weighted by atomic mass is 16.5. The number of benzene rings is 1. The summed E-state index contributed by atoms with van der Waals surface area (Å²) in [5.41, 5.74) is 0.804. The standard InChI is InChI=1S/C19H26N2O7/c1-2-14(22)8-9-16(18(25)26)21-17(24)10-15(23)11-20-19(27)28-12-13-6-4-3-5-7-13/h3-7,15-16,23H,2,8-12H2,1H3,(H,20,27)(H,21,24)(H,25,26)/t15-,16-/m0/s1. The summed E-state index contributed by atoms with van der Waals surface area (Å²) in [6.07, 6.45) is -2.03. The highest BCUT2D eigenvalue weighted by Crippen LogP contribution is 2.03. The van der Waals surface area contributed by atoms with Crippen LogP contribution in [0.1, 0.15) is 38.2 Å². The van der Waals surface area contributed by atoms with Gasteiger partial charge in [-0.05, 0) is 12.0 Å². The Morgan fingerprint density at radius 1 is 1.14 bits per heavy atom. The fourth-order valence-corrected chi connectivity index (χ4v) is 2.25. The van der Waals surface area contributed by atoms with E-state index in [1.54, 1.807) is 19.1 Å². The van der Waals surface area contributed by atoms with Gasteiger partial charge in [-0.25, -0.2) is 9.59 Å². The molecule has 0 saturated carbocycles. The van der Waals surface area contributed by atoms with Crippen LogP contribution in [0.25, 0.3) is 0 Å². The Kier molecular flexibility index (Phi) is 10.3. The SMILES string of the molecule is CCC(=O)CC[C@H](NC(=O)C[C@H](O)CNC(=O)OCc1ccccc1)C(=O)O. The zero-order valence-electron chi connectivity index (χ0n) is 15.7. The first kappa shape index (κ1) is 23.1. The average molecular weight is 394 g/mol. The van der Waals surface area contributed by atoms with Crippen LogP contribution >= 0.6 is 0 Å². The molecule has 1 rings (SSSR count). The molecule has 0 radical (unpaired) electrons. The molecule has 2 atom stereocenters. The molecule has 154 valence electrons. The van der Waals surface area contributed by atoms with Gasteiger partial charge in [0.05, 0.1) is 12.5 Å². The maximum atomic E-state index is 11.9. The second-order valence-corrected chi connectivity index (χ2v) is 6.19. The largest absolute Gasteiger partial charge is 0.480 e. The molecule has 0 bridgehead atoms. The third-order valence-electron chi connectivity index (χ3n) is 3.86. The van der Waals surface area contributed by atoms with Crippen molar-refractivity contribution in [3.63, 3.8) is 0 Å². The molecule has 2 amide bonds. The van der Waals surface area contributed by atoms with Crippen LogP contribution in [0.2, 0.25) is 0 Å². The van der Waals surface area contributed by atoms with Crippen LogP contribution in [0, 0.1) is 0 Å². The molecule has 0 aliphatic heterocycles. The molecule has 0 spiro atoms. The van der Waals surface area contributed by atoms with Crippen molar-refractivity contribution >= 4 is 23.8 Å². The van der Waals surface area contributed by atoms with E-state index in [1.807, 2.05) is 18.2 Å². The number of ether oxygens (including phenoxy) is 1. The van der Waals surface area contributed by atoms with E-state index < -0.39 is 36.5 Å². The number of aliphatic carboxylic acids is 1. The first-order chi connectivity index (χ1) is 13.3. The van der Waals surface area contributed by atoms with Crippen molar-refractivity contribution in [3.05, 3.63) is 35.9 Å². The summed E-state index contributed by atoms with van der Waals surface area (Å²) in [5, 5.41) is 23.5. The van der Waals surface area contributed by atoms with Crippen LogP contribution in [0.4, 0.5) is 4.79 Å². The molecule has 0 saturated heterocycles. The van der Waals surface area contributed by atoms with Gasteiger partial charge >= 0.3 is 12.1 Å². The third-order valence-corrected chi connectivity index (χ3v) is 3.86. The number of alkyl carbamates (subject to hydrolysis) is 1. The number of Topliss-reactive ketones (excluding diaryl/α,β-unsaturated/α-hetero) is 1. The quantitative estimate of drug-likeness (QED) is 0.414. The van der Waals surface area contributed by atoms with Gasteiger partial charge in [0.15, 0.2) is 0 Å². The molecule has 0 heterocycles. The topological polar surface area (TPSA) is 142 Å². The van der Waals surface area contributed by atoms with Gasteiger partial charge in [0.2, 0.25) is 5.91 Å². The number of nitrogens with one attached hydrogen (secondary N) is 2. The number of rotatable bonds is 12. The molecule has 9 nitrogen and oxygen atoms in total. The normalized spacial score (nSPS) is 12.5. The molecule has 28 heavy (non-hydrogen) atoms. The Bertz CT molecular complexity index is 664. The van der Waals surface area contributed by atoms with Crippen LogP contribution in [0.15, 0.2) is 30.3 Å². The molecule has 0 aromatic heterocycles. The minimum Gasteiger partial charge on any atom is -0.480 e. The summed E-state index contributed by atoms with van der Waals surface area (Å²) in [6, 6.07) is 7.82. The smallest absolute Gasteiger partial charge is 0.407 e. The fourth-order valence-electron chi connectivity index (χ4n) is 2.25. The van der Waals surface area contributed by atoms with Gasteiger partial charge in [-0.3, -0.25) is 9.59 Å². The predicted octanol–water partition coefficient (Wildman–Crippen LogP) is 0.992. The van der Waals surface area contributed by atoms with Crippen molar-refractivity contribution < 1.29 is 34.1 Å². The number of carbonyl (C=O) groups is 4. The molecule has 9 heteroatoms. The molecule has 0 aliphatic carbocycles. The van der Waals surface area contributed by atoms with Gasteiger partial charge < -0.3 is 25.6 Å². The highest BCUT2D eigenvalue weighted by molar-refractivity contribution is 5.85. The lowest BCUT2D eigenvalue weighted by molar-refractivity contribution is -0.142.